The normalized spacial score (nSPS) is 17.6. The van der Waals surface area contributed by atoms with E-state index in [1.807, 2.05) is 13.8 Å². The minimum atomic E-state index is 0.0558. The zero-order valence-corrected chi connectivity index (χ0v) is 12.0. The highest BCUT2D eigenvalue weighted by molar-refractivity contribution is 5.67. The van der Waals surface area contributed by atoms with Crippen LogP contribution in [0.4, 0.5) is 11.5 Å². The summed E-state index contributed by atoms with van der Waals surface area (Å²) >= 11 is 0. The molecule has 0 saturated carbocycles. The van der Waals surface area contributed by atoms with Crippen molar-refractivity contribution in [2.45, 2.75) is 26.4 Å². The van der Waals surface area contributed by atoms with Crippen LogP contribution in [0.5, 0.6) is 5.88 Å². The predicted octanol–water partition coefficient (Wildman–Crippen LogP) is 0.988. The molecule has 2 heterocycles. The molecule has 1 aliphatic heterocycles. The van der Waals surface area contributed by atoms with E-state index in [0.717, 1.165) is 38.4 Å². The fourth-order valence-corrected chi connectivity index (χ4v) is 2.20. The van der Waals surface area contributed by atoms with Gasteiger partial charge in [-0.15, -0.1) is 0 Å². The molecule has 0 aromatic carbocycles. The molecule has 106 valence electrons. The minimum absolute atomic E-state index is 0.0558. The Morgan fingerprint density at radius 2 is 2.00 bits per heavy atom. The second-order valence-corrected chi connectivity index (χ2v) is 5.23. The first kappa shape index (κ1) is 13.9. The van der Waals surface area contributed by atoms with Crippen LogP contribution in [-0.2, 0) is 0 Å². The molecule has 1 aromatic heterocycles. The van der Waals surface area contributed by atoms with E-state index >= 15 is 0 Å². The van der Waals surface area contributed by atoms with Crippen LogP contribution < -0.4 is 15.4 Å². The molecule has 0 bridgehead atoms. The second kappa shape index (κ2) is 6.06. The van der Waals surface area contributed by atoms with Gasteiger partial charge in [0.2, 0.25) is 5.88 Å². The standard InChI is InChI=1S/C13H23N5O/c1-10(2)19-13-11(14)12(15-9-16-13)18-6-4-5-17(3)7-8-18/h9-10H,4-8,14H2,1-3H3. The largest absolute Gasteiger partial charge is 0.473 e. The van der Waals surface area contributed by atoms with Crippen LogP contribution >= 0.6 is 0 Å². The highest BCUT2D eigenvalue weighted by Gasteiger charge is 2.19. The highest BCUT2D eigenvalue weighted by Crippen LogP contribution is 2.28. The summed E-state index contributed by atoms with van der Waals surface area (Å²) in [4.78, 5) is 13.0. The topological polar surface area (TPSA) is 67.5 Å². The van der Waals surface area contributed by atoms with E-state index in [2.05, 4.69) is 26.8 Å². The van der Waals surface area contributed by atoms with E-state index < -0.39 is 0 Å². The monoisotopic (exact) mass is 265 g/mol. The summed E-state index contributed by atoms with van der Waals surface area (Å²) in [5, 5.41) is 0. The van der Waals surface area contributed by atoms with Crippen LogP contribution in [0.2, 0.25) is 0 Å². The molecule has 0 spiro atoms. The molecular weight excluding hydrogens is 242 g/mol. The maximum atomic E-state index is 6.14. The van der Waals surface area contributed by atoms with Gasteiger partial charge in [0.1, 0.15) is 12.0 Å². The van der Waals surface area contributed by atoms with Crippen LogP contribution in [0.3, 0.4) is 0 Å². The quantitative estimate of drug-likeness (QED) is 0.879. The van der Waals surface area contributed by atoms with Crippen LogP contribution in [0.25, 0.3) is 0 Å². The summed E-state index contributed by atoms with van der Waals surface area (Å²) in [6.45, 7) is 7.94. The van der Waals surface area contributed by atoms with E-state index in [4.69, 9.17) is 10.5 Å². The number of aromatic nitrogens is 2. The van der Waals surface area contributed by atoms with E-state index in [1.165, 1.54) is 6.33 Å². The first-order chi connectivity index (χ1) is 9.08. The maximum Gasteiger partial charge on any atom is 0.242 e. The lowest BCUT2D eigenvalue weighted by atomic mass is 10.3. The number of hydrogen-bond acceptors (Lipinski definition) is 6. The van der Waals surface area contributed by atoms with Gasteiger partial charge < -0.3 is 20.3 Å². The summed E-state index contributed by atoms with van der Waals surface area (Å²) in [5.74, 6) is 1.28. The number of hydrogen-bond donors (Lipinski definition) is 1. The van der Waals surface area contributed by atoms with Crippen molar-refractivity contribution < 1.29 is 4.74 Å². The van der Waals surface area contributed by atoms with Crippen molar-refractivity contribution in [3.8, 4) is 5.88 Å². The van der Waals surface area contributed by atoms with Crippen LogP contribution in [0.1, 0.15) is 20.3 Å². The van der Waals surface area contributed by atoms with Crippen molar-refractivity contribution in [1.82, 2.24) is 14.9 Å². The fourth-order valence-electron chi connectivity index (χ4n) is 2.20. The lowest BCUT2D eigenvalue weighted by molar-refractivity contribution is 0.234. The Hall–Kier alpha value is -1.56. The molecular formula is C13H23N5O. The fraction of sp³-hybridized carbons (Fsp3) is 0.692. The SMILES string of the molecule is CC(C)Oc1ncnc(N2CCCN(C)CC2)c1N. The molecule has 0 atom stereocenters. The number of nitrogens with two attached hydrogens (primary N) is 1. The van der Waals surface area contributed by atoms with Crippen molar-refractivity contribution in [1.29, 1.82) is 0 Å². The molecule has 0 radical (unpaired) electrons. The van der Waals surface area contributed by atoms with Gasteiger partial charge in [0.05, 0.1) is 6.10 Å². The second-order valence-electron chi connectivity index (χ2n) is 5.23. The zero-order chi connectivity index (χ0) is 13.8. The Bertz CT molecular complexity index is 423. The molecule has 1 fully saturated rings. The van der Waals surface area contributed by atoms with Crippen molar-refractivity contribution in [2.24, 2.45) is 0 Å². The van der Waals surface area contributed by atoms with Gasteiger partial charge >= 0.3 is 0 Å². The average molecular weight is 265 g/mol. The average Bonchev–Trinajstić information content (AvgIpc) is 2.56. The molecule has 6 heteroatoms. The Labute approximate surface area is 114 Å². The third kappa shape index (κ3) is 3.47. The molecule has 0 amide bonds. The zero-order valence-electron chi connectivity index (χ0n) is 12.0. The smallest absolute Gasteiger partial charge is 0.242 e. The van der Waals surface area contributed by atoms with Gasteiger partial charge in [-0.1, -0.05) is 0 Å². The van der Waals surface area contributed by atoms with E-state index in [1.54, 1.807) is 0 Å². The summed E-state index contributed by atoms with van der Waals surface area (Å²) in [6.07, 6.45) is 2.69. The van der Waals surface area contributed by atoms with Gasteiger partial charge in [-0.25, -0.2) is 4.98 Å². The van der Waals surface area contributed by atoms with Gasteiger partial charge in [-0.2, -0.15) is 4.98 Å². The third-order valence-corrected chi connectivity index (χ3v) is 3.19. The predicted molar refractivity (Wildman–Crippen MR) is 76.5 cm³/mol. The van der Waals surface area contributed by atoms with Crippen molar-refractivity contribution in [2.75, 3.05) is 43.9 Å². The molecule has 2 rings (SSSR count). The Balaban J connectivity index is 2.19. The molecule has 19 heavy (non-hydrogen) atoms. The lowest BCUT2D eigenvalue weighted by Crippen LogP contribution is -2.30. The Kier molecular flexibility index (Phi) is 4.42. The van der Waals surface area contributed by atoms with Gasteiger partial charge in [0.25, 0.3) is 0 Å². The Morgan fingerprint density at radius 3 is 2.74 bits per heavy atom. The molecule has 0 unspecified atom stereocenters. The first-order valence-corrected chi connectivity index (χ1v) is 6.78. The minimum Gasteiger partial charge on any atom is -0.473 e. The molecule has 6 nitrogen and oxygen atoms in total. The van der Waals surface area contributed by atoms with Crippen molar-refractivity contribution in [3.63, 3.8) is 0 Å². The summed E-state index contributed by atoms with van der Waals surface area (Å²) < 4.78 is 5.62. The van der Waals surface area contributed by atoms with Crippen molar-refractivity contribution in [3.05, 3.63) is 6.33 Å². The van der Waals surface area contributed by atoms with Gasteiger partial charge in [-0.3, -0.25) is 0 Å². The van der Waals surface area contributed by atoms with Crippen molar-refractivity contribution >= 4 is 11.5 Å². The summed E-state index contributed by atoms with van der Waals surface area (Å²) in [5.41, 5.74) is 6.69. The third-order valence-electron chi connectivity index (χ3n) is 3.19. The van der Waals surface area contributed by atoms with Gasteiger partial charge in [0.15, 0.2) is 5.82 Å². The molecule has 1 aromatic rings. The number of ether oxygens (including phenoxy) is 1. The number of anilines is 2. The summed E-state index contributed by atoms with van der Waals surface area (Å²) in [7, 11) is 2.14. The van der Waals surface area contributed by atoms with Crippen LogP contribution in [-0.4, -0.2) is 54.2 Å². The van der Waals surface area contributed by atoms with E-state index in [0.29, 0.717) is 11.6 Å². The van der Waals surface area contributed by atoms with Gasteiger partial charge in [-0.05, 0) is 33.9 Å². The molecule has 2 N–H and O–H groups in total. The Morgan fingerprint density at radius 1 is 1.21 bits per heavy atom. The number of likely N-dealkylation sites (N-methyl/N-ethyl adjacent to an activating group) is 1. The summed E-state index contributed by atoms with van der Waals surface area (Å²) in [6, 6.07) is 0. The molecule has 1 aliphatic rings. The number of nitrogen functional groups attached to an aromatic ring is 1. The first-order valence-electron chi connectivity index (χ1n) is 6.78. The van der Waals surface area contributed by atoms with Crippen LogP contribution in [0.15, 0.2) is 6.33 Å². The van der Waals surface area contributed by atoms with Gasteiger partial charge in [0, 0.05) is 19.6 Å². The number of rotatable bonds is 3. The molecule has 1 saturated heterocycles. The lowest BCUT2D eigenvalue weighted by Gasteiger charge is -2.23. The van der Waals surface area contributed by atoms with Crippen LogP contribution in [0, 0.1) is 0 Å². The van der Waals surface area contributed by atoms with E-state index in [9.17, 15) is 0 Å². The highest BCUT2D eigenvalue weighted by atomic mass is 16.5. The van der Waals surface area contributed by atoms with E-state index in [-0.39, 0.29) is 6.10 Å². The maximum absolute atomic E-state index is 6.14. The number of nitrogens with zero attached hydrogens (tertiary/aromatic N) is 4. The molecule has 0 aliphatic carbocycles.